The van der Waals surface area contributed by atoms with Crippen LogP contribution in [0.1, 0.15) is 49.7 Å². The number of aromatic nitrogens is 3. The summed E-state index contributed by atoms with van der Waals surface area (Å²) in [7, 11) is 0. The third-order valence-corrected chi connectivity index (χ3v) is 5.48. The highest BCUT2D eigenvalue weighted by atomic mass is 35.5. The number of hydrogen-bond acceptors (Lipinski definition) is 4. The number of rotatable bonds is 3. The van der Waals surface area contributed by atoms with E-state index in [2.05, 4.69) is 25.0 Å². The minimum atomic E-state index is 0. The fraction of sp³-hybridized carbons (Fsp3) is 0.875. The molecule has 22 heavy (non-hydrogen) atoms. The molecule has 0 aliphatic carbocycles. The van der Waals surface area contributed by atoms with E-state index >= 15 is 0 Å². The molecule has 0 bridgehead atoms. The lowest BCUT2D eigenvalue weighted by Gasteiger charge is -2.35. The first kappa shape index (κ1) is 16.2. The highest BCUT2D eigenvalue weighted by Gasteiger charge is 2.29. The van der Waals surface area contributed by atoms with Gasteiger partial charge < -0.3 is 14.8 Å². The summed E-state index contributed by atoms with van der Waals surface area (Å²) in [5, 5.41) is 12.4. The summed E-state index contributed by atoms with van der Waals surface area (Å²) in [5.74, 6) is 4.01. The monoisotopic (exact) mass is 325 g/mol. The molecule has 0 amide bonds. The fourth-order valence-corrected chi connectivity index (χ4v) is 4.34. The largest absolute Gasteiger partial charge is 0.317 e. The van der Waals surface area contributed by atoms with Gasteiger partial charge in [0.15, 0.2) is 0 Å². The van der Waals surface area contributed by atoms with Crippen molar-refractivity contribution in [2.75, 3.05) is 32.7 Å². The van der Waals surface area contributed by atoms with Crippen LogP contribution in [0.25, 0.3) is 0 Å². The van der Waals surface area contributed by atoms with E-state index in [1.807, 2.05) is 0 Å². The van der Waals surface area contributed by atoms with Crippen molar-refractivity contribution in [3.05, 3.63) is 11.6 Å². The van der Waals surface area contributed by atoms with Crippen molar-refractivity contribution < 1.29 is 0 Å². The summed E-state index contributed by atoms with van der Waals surface area (Å²) in [6.07, 6.45) is 7.68. The summed E-state index contributed by atoms with van der Waals surface area (Å²) in [6.45, 7) is 7.32. The van der Waals surface area contributed by atoms with Crippen molar-refractivity contribution in [2.24, 2.45) is 5.92 Å². The van der Waals surface area contributed by atoms with Crippen LogP contribution in [0, 0.1) is 5.92 Å². The summed E-state index contributed by atoms with van der Waals surface area (Å²) in [4.78, 5) is 2.70. The van der Waals surface area contributed by atoms with Crippen molar-refractivity contribution in [1.29, 1.82) is 0 Å². The van der Waals surface area contributed by atoms with E-state index in [1.165, 1.54) is 76.5 Å². The minimum absolute atomic E-state index is 0. The molecule has 4 heterocycles. The van der Waals surface area contributed by atoms with E-state index in [-0.39, 0.29) is 12.4 Å². The topological polar surface area (TPSA) is 46.0 Å². The van der Waals surface area contributed by atoms with Gasteiger partial charge in [0.1, 0.15) is 11.6 Å². The van der Waals surface area contributed by atoms with Gasteiger partial charge in [0, 0.05) is 32.0 Å². The smallest absolute Gasteiger partial charge is 0.137 e. The molecule has 1 aromatic heterocycles. The maximum Gasteiger partial charge on any atom is 0.137 e. The maximum atomic E-state index is 4.52. The number of halogens is 1. The molecule has 1 unspecified atom stereocenters. The Bertz CT molecular complexity index is 483. The fourth-order valence-electron chi connectivity index (χ4n) is 4.34. The van der Waals surface area contributed by atoms with Crippen LogP contribution in [0.2, 0.25) is 0 Å². The van der Waals surface area contributed by atoms with E-state index in [9.17, 15) is 0 Å². The zero-order chi connectivity index (χ0) is 14.1. The van der Waals surface area contributed by atoms with Gasteiger partial charge in [-0.25, -0.2) is 0 Å². The Balaban J connectivity index is 0.00000144. The van der Waals surface area contributed by atoms with E-state index in [0.29, 0.717) is 5.92 Å². The van der Waals surface area contributed by atoms with Crippen LogP contribution in [0.3, 0.4) is 0 Å². The standard InChI is InChI=1S/C16H27N5.ClH/c1-3-14(16-19-18-15-4-2-10-21(15)16)12-20(9-1)11-13-5-7-17-8-6-13;/h13-14,17H,1-12H2;1H. The lowest BCUT2D eigenvalue weighted by atomic mass is 9.93. The molecule has 6 heteroatoms. The van der Waals surface area contributed by atoms with Gasteiger partial charge in [-0.2, -0.15) is 0 Å². The number of aryl methyl sites for hydroxylation is 1. The van der Waals surface area contributed by atoms with Crippen molar-refractivity contribution in [3.8, 4) is 0 Å². The highest BCUT2D eigenvalue weighted by Crippen LogP contribution is 2.29. The number of likely N-dealkylation sites (tertiary alicyclic amines) is 1. The Hall–Kier alpha value is -0.650. The third kappa shape index (κ3) is 3.31. The Morgan fingerprint density at radius 2 is 1.91 bits per heavy atom. The summed E-state index contributed by atoms with van der Waals surface area (Å²) in [6, 6.07) is 0. The van der Waals surface area contributed by atoms with Crippen molar-refractivity contribution in [3.63, 3.8) is 0 Å². The first-order valence-corrected chi connectivity index (χ1v) is 8.75. The molecule has 2 fully saturated rings. The normalized spacial score (nSPS) is 26.6. The van der Waals surface area contributed by atoms with Crippen molar-refractivity contribution in [2.45, 2.75) is 51.0 Å². The first-order valence-electron chi connectivity index (χ1n) is 8.75. The molecule has 0 saturated carbocycles. The van der Waals surface area contributed by atoms with E-state index in [4.69, 9.17) is 0 Å². The zero-order valence-electron chi connectivity index (χ0n) is 13.3. The number of hydrogen-bond donors (Lipinski definition) is 1. The number of piperidine rings is 2. The summed E-state index contributed by atoms with van der Waals surface area (Å²) in [5.41, 5.74) is 0. The van der Waals surface area contributed by atoms with Crippen molar-refractivity contribution >= 4 is 12.4 Å². The molecule has 3 aliphatic heterocycles. The van der Waals surface area contributed by atoms with Gasteiger partial charge in [0.05, 0.1) is 0 Å². The van der Waals surface area contributed by atoms with E-state index < -0.39 is 0 Å². The zero-order valence-corrected chi connectivity index (χ0v) is 14.2. The molecule has 0 aromatic carbocycles. The number of nitrogens with one attached hydrogen (secondary N) is 1. The molecular weight excluding hydrogens is 298 g/mol. The molecule has 1 N–H and O–H groups in total. The summed E-state index contributed by atoms with van der Waals surface area (Å²) < 4.78 is 2.40. The molecule has 2 saturated heterocycles. The van der Waals surface area contributed by atoms with E-state index in [0.717, 1.165) is 18.9 Å². The second-order valence-electron chi connectivity index (χ2n) is 7.02. The van der Waals surface area contributed by atoms with Crippen LogP contribution in [-0.2, 0) is 13.0 Å². The van der Waals surface area contributed by atoms with Crippen molar-refractivity contribution in [1.82, 2.24) is 25.0 Å². The molecule has 1 aromatic rings. The van der Waals surface area contributed by atoms with Gasteiger partial charge in [-0.15, -0.1) is 22.6 Å². The summed E-state index contributed by atoms with van der Waals surface area (Å²) >= 11 is 0. The van der Waals surface area contributed by atoms with Gasteiger partial charge in [-0.05, 0) is 57.7 Å². The molecule has 3 aliphatic rings. The molecule has 124 valence electrons. The lowest BCUT2D eigenvalue weighted by molar-refractivity contribution is 0.160. The van der Waals surface area contributed by atoms with Gasteiger partial charge in [-0.1, -0.05) is 0 Å². The predicted octanol–water partition coefficient (Wildman–Crippen LogP) is 1.83. The average Bonchev–Trinajstić information content (AvgIpc) is 3.11. The first-order chi connectivity index (χ1) is 10.4. The van der Waals surface area contributed by atoms with Crippen LogP contribution in [0.4, 0.5) is 0 Å². The Labute approximate surface area is 139 Å². The predicted molar refractivity (Wildman–Crippen MR) is 89.6 cm³/mol. The number of fused-ring (bicyclic) bond motifs is 1. The third-order valence-electron chi connectivity index (χ3n) is 5.48. The van der Waals surface area contributed by atoms with Gasteiger partial charge in [0.2, 0.25) is 0 Å². The maximum absolute atomic E-state index is 4.52. The Morgan fingerprint density at radius 1 is 1.05 bits per heavy atom. The van der Waals surface area contributed by atoms with E-state index in [1.54, 1.807) is 0 Å². The second-order valence-corrected chi connectivity index (χ2v) is 7.02. The molecule has 0 radical (unpaired) electrons. The van der Waals surface area contributed by atoms with Gasteiger partial charge in [-0.3, -0.25) is 0 Å². The molecule has 4 rings (SSSR count). The second kappa shape index (κ2) is 7.28. The van der Waals surface area contributed by atoms with Gasteiger partial charge >= 0.3 is 0 Å². The SMILES string of the molecule is C1CC(c2nnc3n2CCC3)CN(CC2CCNCC2)C1.Cl. The molecular formula is C16H28ClN5. The van der Waals surface area contributed by atoms with Crippen LogP contribution >= 0.6 is 12.4 Å². The van der Waals surface area contributed by atoms with Crippen LogP contribution in [0.15, 0.2) is 0 Å². The van der Waals surface area contributed by atoms with Gasteiger partial charge in [0.25, 0.3) is 0 Å². The quantitative estimate of drug-likeness (QED) is 0.921. The Kier molecular flexibility index (Phi) is 5.37. The Morgan fingerprint density at radius 3 is 2.77 bits per heavy atom. The minimum Gasteiger partial charge on any atom is -0.317 e. The average molecular weight is 326 g/mol. The lowest BCUT2D eigenvalue weighted by Crippen LogP contribution is -2.41. The molecule has 0 spiro atoms. The van der Waals surface area contributed by atoms with Crippen LogP contribution in [0.5, 0.6) is 0 Å². The highest BCUT2D eigenvalue weighted by molar-refractivity contribution is 5.85. The van der Waals surface area contributed by atoms with Crippen LogP contribution in [-0.4, -0.2) is 52.4 Å². The number of nitrogens with zero attached hydrogens (tertiary/aromatic N) is 4. The molecule has 5 nitrogen and oxygen atoms in total. The van der Waals surface area contributed by atoms with Crippen LogP contribution < -0.4 is 5.32 Å². The molecule has 1 atom stereocenters.